The van der Waals surface area contributed by atoms with Crippen molar-refractivity contribution in [3.63, 3.8) is 0 Å². The van der Waals surface area contributed by atoms with Crippen molar-refractivity contribution in [2.45, 2.75) is 39.0 Å². The summed E-state index contributed by atoms with van der Waals surface area (Å²) in [5.74, 6) is 1.66. The first-order valence-corrected chi connectivity index (χ1v) is 8.20. The molecule has 0 amide bonds. The van der Waals surface area contributed by atoms with E-state index in [1.807, 2.05) is 6.92 Å². The maximum atomic E-state index is 12.8. The van der Waals surface area contributed by atoms with Crippen molar-refractivity contribution in [2.24, 2.45) is 5.92 Å². The summed E-state index contributed by atoms with van der Waals surface area (Å²) >= 11 is 0. The number of nitrogens with zero attached hydrogens (tertiary/aromatic N) is 3. The average Bonchev–Trinajstić information content (AvgIpc) is 3.02. The highest BCUT2D eigenvalue weighted by Gasteiger charge is 2.23. The number of hydrogen-bond acceptors (Lipinski definition) is 6. The Kier molecular flexibility index (Phi) is 5.42. The molecule has 24 heavy (non-hydrogen) atoms. The molecule has 1 saturated heterocycles. The van der Waals surface area contributed by atoms with E-state index in [1.165, 1.54) is 12.1 Å². The Bertz CT molecular complexity index is 637. The SMILES string of the molecule is CC(O)C1CCN(Cc2nc(COc3ccc(F)cc3)no2)CC1. The van der Waals surface area contributed by atoms with E-state index in [0.717, 1.165) is 25.9 Å². The summed E-state index contributed by atoms with van der Waals surface area (Å²) in [5, 5.41) is 13.5. The Morgan fingerprint density at radius 3 is 2.71 bits per heavy atom. The zero-order chi connectivity index (χ0) is 16.9. The number of ether oxygens (including phenoxy) is 1. The van der Waals surface area contributed by atoms with Crippen LogP contribution in [-0.2, 0) is 13.2 Å². The minimum absolute atomic E-state index is 0.180. The van der Waals surface area contributed by atoms with Crippen molar-refractivity contribution >= 4 is 0 Å². The van der Waals surface area contributed by atoms with Gasteiger partial charge in [0.1, 0.15) is 11.6 Å². The molecule has 1 aliphatic rings. The van der Waals surface area contributed by atoms with Gasteiger partial charge in [0.25, 0.3) is 0 Å². The van der Waals surface area contributed by atoms with Gasteiger partial charge in [-0.15, -0.1) is 0 Å². The average molecular weight is 335 g/mol. The van der Waals surface area contributed by atoms with Gasteiger partial charge in [-0.3, -0.25) is 4.90 Å². The largest absolute Gasteiger partial charge is 0.485 e. The van der Waals surface area contributed by atoms with Crippen molar-refractivity contribution in [3.05, 3.63) is 41.8 Å². The van der Waals surface area contributed by atoms with E-state index in [9.17, 15) is 9.50 Å². The zero-order valence-electron chi connectivity index (χ0n) is 13.7. The maximum absolute atomic E-state index is 12.8. The molecule has 1 N–H and O–H groups in total. The first-order chi connectivity index (χ1) is 11.6. The second-order valence-corrected chi connectivity index (χ2v) is 6.20. The number of halogens is 1. The molecular weight excluding hydrogens is 313 g/mol. The van der Waals surface area contributed by atoms with Crippen molar-refractivity contribution in [3.8, 4) is 5.75 Å². The lowest BCUT2D eigenvalue weighted by Crippen LogP contribution is -2.36. The van der Waals surface area contributed by atoms with Crippen LogP contribution in [0, 0.1) is 11.7 Å². The van der Waals surface area contributed by atoms with Crippen LogP contribution in [0.1, 0.15) is 31.5 Å². The minimum atomic E-state index is -0.302. The van der Waals surface area contributed by atoms with Crippen molar-refractivity contribution in [1.82, 2.24) is 15.0 Å². The van der Waals surface area contributed by atoms with Crippen LogP contribution >= 0.6 is 0 Å². The summed E-state index contributed by atoms with van der Waals surface area (Å²) in [4.78, 5) is 6.57. The Balaban J connectivity index is 1.46. The lowest BCUT2D eigenvalue weighted by molar-refractivity contribution is 0.0660. The molecule has 0 bridgehead atoms. The first-order valence-electron chi connectivity index (χ1n) is 8.20. The van der Waals surface area contributed by atoms with E-state index in [2.05, 4.69) is 15.0 Å². The molecule has 0 radical (unpaired) electrons. The number of aromatic nitrogens is 2. The van der Waals surface area contributed by atoms with Crippen molar-refractivity contribution < 1.29 is 18.8 Å². The maximum Gasteiger partial charge on any atom is 0.240 e. The Labute approximate surface area is 140 Å². The third kappa shape index (κ3) is 4.52. The van der Waals surface area contributed by atoms with E-state index in [0.29, 0.717) is 29.9 Å². The zero-order valence-corrected chi connectivity index (χ0v) is 13.7. The molecule has 0 aliphatic carbocycles. The molecular formula is C17H22FN3O3. The van der Waals surface area contributed by atoms with E-state index >= 15 is 0 Å². The van der Waals surface area contributed by atoms with E-state index in [1.54, 1.807) is 12.1 Å². The highest BCUT2D eigenvalue weighted by molar-refractivity contribution is 5.22. The van der Waals surface area contributed by atoms with Crippen molar-refractivity contribution in [1.29, 1.82) is 0 Å². The highest BCUT2D eigenvalue weighted by Crippen LogP contribution is 2.21. The predicted molar refractivity (Wildman–Crippen MR) is 84.7 cm³/mol. The monoisotopic (exact) mass is 335 g/mol. The lowest BCUT2D eigenvalue weighted by Gasteiger charge is -2.32. The molecule has 1 unspecified atom stereocenters. The molecule has 6 nitrogen and oxygen atoms in total. The molecule has 130 valence electrons. The Hall–Kier alpha value is -1.99. The molecule has 2 heterocycles. The fraction of sp³-hybridized carbons (Fsp3) is 0.529. The van der Waals surface area contributed by atoms with E-state index in [4.69, 9.17) is 9.26 Å². The van der Waals surface area contributed by atoms with Crippen LogP contribution < -0.4 is 4.74 Å². The van der Waals surface area contributed by atoms with Gasteiger partial charge in [0.05, 0.1) is 12.6 Å². The first kappa shape index (κ1) is 16.9. The number of aliphatic hydroxyl groups is 1. The van der Waals surface area contributed by atoms with Gasteiger partial charge in [0.15, 0.2) is 6.61 Å². The molecule has 1 aliphatic heterocycles. The number of rotatable bonds is 6. The van der Waals surface area contributed by atoms with E-state index in [-0.39, 0.29) is 18.5 Å². The van der Waals surface area contributed by atoms with Gasteiger partial charge in [-0.25, -0.2) is 4.39 Å². The standard InChI is InChI=1S/C17H22FN3O3/c1-12(22)13-6-8-21(9-7-13)10-17-19-16(20-24-17)11-23-15-4-2-14(18)3-5-15/h2-5,12-13,22H,6-11H2,1H3. The molecule has 2 aromatic rings. The lowest BCUT2D eigenvalue weighted by atomic mass is 9.92. The smallest absolute Gasteiger partial charge is 0.240 e. The summed E-state index contributed by atoms with van der Waals surface area (Å²) in [7, 11) is 0. The Morgan fingerprint density at radius 2 is 2.04 bits per heavy atom. The van der Waals surface area contributed by atoms with Crippen LogP contribution in [0.4, 0.5) is 4.39 Å². The molecule has 1 aromatic heterocycles. The van der Waals surface area contributed by atoms with Crippen LogP contribution in [0.5, 0.6) is 5.75 Å². The quantitative estimate of drug-likeness (QED) is 0.874. The van der Waals surface area contributed by atoms with Crippen molar-refractivity contribution in [2.75, 3.05) is 13.1 Å². The van der Waals surface area contributed by atoms with Gasteiger partial charge in [0, 0.05) is 0 Å². The molecule has 3 rings (SSSR count). The van der Waals surface area contributed by atoms with E-state index < -0.39 is 0 Å². The summed E-state index contributed by atoms with van der Waals surface area (Å²) < 4.78 is 23.6. The van der Waals surface area contributed by atoms with Crippen LogP contribution in [-0.4, -0.2) is 39.3 Å². The number of hydrogen-bond donors (Lipinski definition) is 1. The van der Waals surface area contributed by atoms with Gasteiger partial charge >= 0.3 is 0 Å². The summed E-state index contributed by atoms with van der Waals surface area (Å²) in [6.07, 6.45) is 1.71. The number of piperidine rings is 1. The topological polar surface area (TPSA) is 71.6 Å². The van der Waals surface area contributed by atoms with Crippen LogP contribution in [0.25, 0.3) is 0 Å². The van der Waals surface area contributed by atoms with Gasteiger partial charge in [-0.05, 0) is 63.0 Å². The minimum Gasteiger partial charge on any atom is -0.485 e. The molecule has 1 aromatic carbocycles. The molecule has 0 saturated carbocycles. The fourth-order valence-corrected chi connectivity index (χ4v) is 2.88. The van der Waals surface area contributed by atoms with Crippen LogP contribution in [0.15, 0.2) is 28.8 Å². The third-order valence-electron chi connectivity index (χ3n) is 4.37. The number of benzene rings is 1. The number of aliphatic hydroxyl groups excluding tert-OH is 1. The summed E-state index contributed by atoms with van der Waals surface area (Å²) in [6, 6.07) is 5.80. The second-order valence-electron chi connectivity index (χ2n) is 6.20. The van der Waals surface area contributed by atoms with Gasteiger partial charge in [-0.2, -0.15) is 4.98 Å². The van der Waals surface area contributed by atoms with Gasteiger partial charge in [-0.1, -0.05) is 5.16 Å². The fourth-order valence-electron chi connectivity index (χ4n) is 2.88. The van der Waals surface area contributed by atoms with Gasteiger partial charge < -0.3 is 14.4 Å². The normalized spacial score (nSPS) is 17.8. The predicted octanol–water partition coefficient (Wildman–Crippen LogP) is 2.38. The highest BCUT2D eigenvalue weighted by atomic mass is 19.1. The third-order valence-corrected chi connectivity index (χ3v) is 4.37. The van der Waals surface area contributed by atoms with Crippen LogP contribution in [0.3, 0.4) is 0 Å². The molecule has 1 atom stereocenters. The van der Waals surface area contributed by atoms with Crippen LogP contribution in [0.2, 0.25) is 0 Å². The molecule has 1 fully saturated rings. The number of likely N-dealkylation sites (tertiary alicyclic amines) is 1. The second kappa shape index (κ2) is 7.72. The molecule has 7 heteroatoms. The Morgan fingerprint density at radius 1 is 1.33 bits per heavy atom. The van der Waals surface area contributed by atoms with Gasteiger partial charge in [0.2, 0.25) is 11.7 Å². The molecule has 0 spiro atoms. The summed E-state index contributed by atoms with van der Waals surface area (Å²) in [6.45, 7) is 4.47. The summed E-state index contributed by atoms with van der Waals surface area (Å²) in [5.41, 5.74) is 0.